The van der Waals surface area contributed by atoms with Gasteiger partial charge < -0.3 is 24.8 Å². The summed E-state index contributed by atoms with van der Waals surface area (Å²) in [6, 6.07) is 7.06. The van der Waals surface area contributed by atoms with E-state index in [9.17, 15) is 19.3 Å². The lowest BCUT2D eigenvalue weighted by atomic mass is 10.1. The molecule has 16 heteroatoms. The molecule has 0 saturated carbocycles. The van der Waals surface area contributed by atoms with Crippen molar-refractivity contribution in [2.24, 2.45) is 0 Å². The maximum atomic E-state index is 15.3. The van der Waals surface area contributed by atoms with Crippen molar-refractivity contribution in [3.05, 3.63) is 47.0 Å². The Bertz CT molecular complexity index is 1370. The molecule has 0 bridgehead atoms. The van der Waals surface area contributed by atoms with E-state index in [1.165, 1.54) is 6.92 Å². The summed E-state index contributed by atoms with van der Waals surface area (Å²) < 4.78 is 51.8. The molecule has 0 radical (unpaired) electrons. The van der Waals surface area contributed by atoms with Crippen LogP contribution in [0.15, 0.2) is 41.5 Å². The number of hydrogen-bond donors (Lipinski definition) is 4. The normalized spacial score (nSPS) is 16.4. The molecule has 3 rings (SSSR count). The number of nitrogen functional groups attached to an aromatic ring is 1. The molecule has 2 heterocycles. The van der Waals surface area contributed by atoms with Crippen LogP contribution in [0, 0.1) is 0 Å². The average molecular weight is 571 g/mol. The minimum atomic E-state index is -4.18. The van der Waals surface area contributed by atoms with Crippen molar-refractivity contribution in [1.29, 1.82) is 0 Å². The van der Waals surface area contributed by atoms with Crippen molar-refractivity contribution < 1.29 is 37.4 Å². The number of imidazole rings is 1. The van der Waals surface area contributed by atoms with Crippen molar-refractivity contribution in [3.8, 4) is 5.75 Å². The molecule has 4 atom stereocenters. The van der Waals surface area contributed by atoms with Crippen LogP contribution in [-0.2, 0) is 23.4 Å². The molecule has 2 aromatic heterocycles. The summed E-state index contributed by atoms with van der Waals surface area (Å²) in [7, 11) is -4.18. The number of aliphatic hydroxyl groups is 1. The second kappa shape index (κ2) is 12.7. The van der Waals surface area contributed by atoms with Crippen LogP contribution in [0.1, 0.15) is 33.9 Å². The van der Waals surface area contributed by atoms with E-state index in [2.05, 4.69) is 20.0 Å². The minimum absolute atomic E-state index is 0.0725. The predicted molar refractivity (Wildman–Crippen MR) is 139 cm³/mol. The lowest BCUT2D eigenvalue weighted by Crippen LogP contribution is -2.38. The summed E-state index contributed by atoms with van der Waals surface area (Å²) in [5.74, 6) is -0.699. The number of alkyl halides is 1. The first-order chi connectivity index (χ1) is 18.3. The number of aliphatic hydroxyl groups excluding tert-OH is 1. The lowest BCUT2D eigenvalue weighted by Gasteiger charge is -2.30. The monoisotopic (exact) mass is 570 g/mol. The molecule has 0 fully saturated rings. The van der Waals surface area contributed by atoms with Crippen molar-refractivity contribution in [1.82, 2.24) is 24.6 Å². The van der Waals surface area contributed by atoms with E-state index in [4.69, 9.17) is 24.3 Å². The van der Waals surface area contributed by atoms with Gasteiger partial charge in [0.25, 0.3) is 5.56 Å². The molecular weight excluding hydrogens is 538 g/mol. The number of nitrogens with zero attached hydrogens (tertiary/aromatic N) is 3. The molecule has 0 saturated heterocycles. The van der Waals surface area contributed by atoms with Crippen molar-refractivity contribution in [3.63, 3.8) is 0 Å². The Morgan fingerprint density at radius 1 is 1.28 bits per heavy atom. The summed E-state index contributed by atoms with van der Waals surface area (Å²) in [5, 5.41) is 12.2. The summed E-state index contributed by atoms with van der Waals surface area (Å²) >= 11 is 0. The molecule has 39 heavy (non-hydrogen) atoms. The van der Waals surface area contributed by atoms with E-state index in [1.807, 2.05) is 0 Å². The van der Waals surface area contributed by atoms with Gasteiger partial charge in [-0.05, 0) is 39.8 Å². The molecule has 0 unspecified atom stereocenters. The smallest absolute Gasteiger partial charge is 0.459 e. The summed E-state index contributed by atoms with van der Waals surface area (Å²) in [6.45, 7) is 4.13. The molecule has 0 aliphatic rings. The number of H-pyrrole nitrogens is 1. The van der Waals surface area contributed by atoms with Crippen LogP contribution in [-0.4, -0.2) is 68.2 Å². The second-order valence-electron chi connectivity index (χ2n) is 9.01. The highest BCUT2D eigenvalue weighted by Gasteiger charge is 2.38. The molecule has 0 aliphatic carbocycles. The standard InChI is InChI=1S/C23H32FN6O8P/c1-14(2)37-20(33)15(3)29-39(34,38-16-8-6-5-7-9-16)36-11-10-35-21(23(4,24)12-31)30-13-26-17-18(30)27-22(25)28-19(17)32/h5-9,13-15,21,31H,10-12H2,1-4H3,(H,29,34)(H3,25,27,28,32)/t15-,21-,23-,39-/m1/s1. The Labute approximate surface area is 223 Å². The molecule has 1 aromatic carbocycles. The molecule has 0 spiro atoms. The Kier molecular flexibility index (Phi) is 9.80. The SMILES string of the molecule is CC(C)OC(=O)[C@@H](C)N[P@@](=O)(OCCO[C@@H](n1cnc2c(=O)[nH]c(N)nc21)[C@](C)(F)CO)Oc1ccccc1. The Morgan fingerprint density at radius 2 is 1.97 bits per heavy atom. The van der Waals surface area contributed by atoms with Gasteiger partial charge in [0.15, 0.2) is 23.1 Å². The maximum absolute atomic E-state index is 15.3. The highest BCUT2D eigenvalue weighted by molar-refractivity contribution is 7.52. The number of rotatable bonds is 14. The number of fused-ring (bicyclic) bond motifs is 1. The second-order valence-corrected chi connectivity index (χ2v) is 10.7. The number of nitrogens with two attached hydrogens (primary N) is 1. The number of ether oxygens (including phenoxy) is 2. The van der Waals surface area contributed by atoms with Crippen LogP contribution in [0.5, 0.6) is 5.75 Å². The van der Waals surface area contributed by atoms with Gasteiger partial charge in [0, 0.05) is 0 Å². The summed E-state index contributed by atoms with van der Waals surface area (Å²) in [4.78, 5) is 34.6. The van der Waals surface area contributed by atoms with E-state index in [-0.39, 0.29) is 29.5 Å². The zero-order chi connectivity index (χ0) is 28.8. The number of halogens is 1. The molecule has 5 N–H and O–H groups in total. The van der Waals surface area contributed by atoms with Crippen molar-refractivity contribution in [2.75, 3.05) is 25.6 Å². The third-order valence-corrected chi connectivity index (χ3v) is 6.85. The number of para-hydroxylation sites is 1. The van der Waals surface area contributed by atoms with E-state index in [0.717, 1.165) is 17.8 Å². The number of nitrogens with one attached hydrogen (secondary N) is 2. The fraction of sp³-hybridized carbons (Fsp3) is 0.478. The average Bonchev–Trinajstić information content (AvgIpc) is 3.27. The van der Waals surface area contributed by atoms with Gasteiger partial charge in [0.1, 0.15) is 11.8 Å². The Morgan fingerprint density at radius 3 is 2.62 bits per heavy atom. The quantitative estimate of drug-likeness (QED) is 0.125. The van der Waals surface area contributed by atoms with Crippen LogP contribution in [0.4, 0.5) is 10.3 Å². The molecule has 14 nitrogen and oxygen atoms in total. The van der Waals surface area contributed by atoms with Crippen LogP contribution in [0.3, 0.4) is 0 Å². The third-order valence-electron chi connectivity index (χ3n) is 5.17. The van der Waals surface area contributed by atoms with Crippen LogP contribution < -0.4 is 20.9 Å². The number of aromatic amines is 1. The van der Waals surface area contributed by atoms with Gasteiger partial charge in [-0.3, -0.25) is 23.7 Å². The topological polar surface area (TPSA) is 193 Å². The first-order valence-corrected chi connectivity index (χ1v) is 13.5. The number of aromatic nitrogens is 4. The molecule has 0 aliphatic heterocycles. The van der Waals surface area contributed by atoms with E-state index in [0.29, 0.717) is 0 Å². The van der Waals surface area contributed by atoms with Crippen LogP contribution in [0.2, 0.25) is 0 Å². The van der Waals surface area contributed by atoms with E-state index in [1.54, 1.807) is 44.2 Å². The number of carbonyl (C=O) groups is 1. The Hall–Kier alpha value is -3.36. The zero-order valence-electron chi connectivity index (χ0n) is 21.9. The number of carbonyl (C=O) groups excluding carboxylic acids is 1. The molecule has 3 aromatic rings. The molecule has 0 amide bonds. The minimum Gasteiger partial charge on any atom is -0.462 e. The van der Waals surface area contributed by atoms with Crippen molar-refractivity contribution in [2.45, 2.75) is 51.7 Å². The number of esters is 1. The molecular formula is C23H32FN6O8P. The molecule has 214 valence electrons. The van der Waals surface area contributed by atoms with Crippen molar-refractivity contribution >= 4 is 30.8 Å². The van der Waals surface area contributed by atoms with E-state index >= 15 is 4.39 Å². The Balaban J connectivity index is 1.77. The van der Waals surface area contributed by atoms with Gasteiger partial charge in [-0.15, -0.1) is 0 Å². The van der Waals surface area contributed by atoms with Gasteiger partial charge in [0.2, 0.25) is 5.95 Å². The van der Waals surface area contributed by atoms with Gasteiger partial charge in [-0.25, -0.2) is 13.9 Å². The number of hydrogen-bond acceptors (Lipinski definition) is 11. The van der Waals surface area contributed by atoms with Gasteiger partial charge in [-0.1, -0.05) is 18.2 Å². The first-order valence-electron chi connectivity index (χ1n) is 12.0. The lowest BCUT2D eigenvalue weighted by molar-refractivity contribution is -0.149. The maximum Gasteiger partial charge on any atom is 0.459 e. The number of anilines is 1. The third kappa shape index (κ3) is 7.83. The summed E-state index contributed by atoms with van der Waals surface area (Å²) in [5.41, 5.74) is 2.42. The largest absolute Gasteiger partial charge is 0.462 e. The number of benzene rings is 1. The van der Waals surface area contributed by atoms with Gasteiger partial charge in [-0.2, -0.15) is 10.1 Å². The van der Waals surface area contributed by atoms with Crippen LogP contribution >= 0.6 is 7.75 Å². The fourth-order valence-corrected chi connectivity index (χ4v) is 4.86. The predicted octanol–water partition coefficient (Wildman–Crippen LogP) is 2.07. The van der Waals surface area contributed by atoms with Gasteiger partial charge in [0.05, 0.1) is 32.3 Å². The van der Waals surface area contributed by atoms with Gasteiger partial charge >= 0.3 is 13.7 Å². The zero-order valence-corrected chi connectivity index (χ0v) is 22.8. The highest BCUT2D eigenvalue weighted by Crippen LogP contribution is 2.45. The summed E-state index contributed by atoms with van der Waals surface area (Å²) in [6.07, 6.45) is -0.811. The first kappa shape index (κ1) is 30.2. The fourth-order valence-electron chi connectivity index (χ4n) is 3.39. The van der Waals surface area contributed by atoms with Crippen LogP contribution in [0.25, 0.3) is 11.2 Å². The highest BCUT2D eigenvalue weighted by atomic mass is 31.2. The van der Waals surface area contributed by atoms with E-state index < -0.39 is 56.5 Å².